The number of halogens is 1. The van der Waals surface area contributed by atoms with E-state index in [1.807, 2.05) is 25.7 Å². The van der Waals surface area contributed by atoms with Crippen LogP contribution >= 0.6 is 0 Å². The molecule has 0 spiro atoms. The van der Waals surface area contributed by atoms with Gasteiger partial charge in [0.2, 0.25) is 0 Å². The van der Waals surface area contributed by atoms with E-state index in [2.05, 4.69) is 11.4 Å². The van der Waals surface area contributed by atoms with Crippen molar-refractivity contribution < 1.29 is 18.7 Å². The molecule has 0 bridgehead atoms. The number of rotatable bonds is 3. The van der Waals surface area contributed by atoms with Gasteiger partial charge < -0.3 is 19.9 Å². The summed E-state index contributed by atoms with van der Waals surface area (Å²) in [4.78, 5) is 28.4. The van der Waals surface area contributed by atoms with Crippen LogP contribution in [0.5, 0.6) is 0 Å². The standard InChI is InChI=1S/C23H25FN4O3/c1-23(2,3)31-22(30)28-13-11-27(12-14-28)20-10-6-9-19(17(20)15-25)26-21(29)16-7-4-5-8-18(16)24/h4-10H,11-14H2,1-3H3,(H,26,29). The number of nitrogens with one attached hydrogen (secondary N) is 1. The molecule has 8 heteroatoms. The fourth-order valence-electron chi connectivity index (χ4n) is 3.32. The molecule has 0 aliphatic carbocycles. The molecule has 1 aliphatic heterocycles. The minimum atomic E-state index is -0.632. The second kappa shape index (κ2) is 9.04. The van der Waals surface area contributed by atoms with Crippen molar-refractivity contribution in [1.82, 2.24) is 4.90 Å². The SMILES string of the molecule is CC(C)(C)OC(=O)N1CCN(c2cccc(NC(=O)c3ccccc3F)c2C#N)CC1. The third-order valence-electron chi connectivity index (χ3n) is 4.79. The number of nitriles is 1. The number of amides is 2. The number of ether oxygens (including phenoxy) is 1. The van der Waals surface area contributed by atoms with E-state index in [0.29, 0.717) is 37.6 Å². The summed E-state index contributed by atoms with van der Waals surface area (Å²) in [6.45, 7) is 7.39. The van der Waals surface area contributed by atoms with Gasteiger partial charge in [0.1, 0.15) is 17.5 Å². The van der Waals surface area contributed by atoms with Crippen molar-refractivity contribution in [3.05, 3.63) is 59.4 Å². The topological polar surface area (TPSA) is 85.7 Å². The van der Waals surface area contributed by atoms with E-state index in [-0.39, 0.29) is 17.2 Å². The Kier molecular flexibility index (Phi) is 6.44. The minimum Gasteiger partial charge on any atom is -0.444 e. The lowest BCUT2D eigenvalue weighted by molar-refractivity contribution is 0.0240. The van der Waals surface area contributed by atoms with Crippen LogP contribution in [0.15, 0.2) is 42.5 Å². The maximum Gasteiger partial charge on any atom is 0.410 e. The molecule has 1 aliphatic rings. The average Bonchev–Trinajstić information content (AvgIpc) is 2.72. The van der Waals surface area contributed by atoms with Crippen LogP contribution in [0.25, 0.3) is 0 Å². The summed E-state index contributed by atoms with van der Waals surface area (Å²) in [5, 5.41) is 12.4. The summed E-state index contributed by atoms with van der Waals surface area (Å²) in [5.41, 5.74) is 0.591. The summed E-state index contributed by atoms with van der Waals surface area (Å²) in [7, 11) is 0. The first-order chi connectivity index (χ1) is 14.7. The summed E-state index contributed by atoms with van der Waals surface area (Å²) in [6, 6.07) is 12.9. The third-order valence-corrected chi connectivity index (χ3v) is 4.79. The zero-order valence-electron chi connectivity index (χ0n) is 17.8. The Balaban J connectivity index is 1.74. The van der Waals surface area contributed by atoms with Crippen LogP contribution in [-0.2, 0) is 4.74 Å². The van der Waals surface area contributed by atoms with Crippen LogP contribution in [-0.4, -0.2) is 48.7 Å². The Morgan fingerprint density at radius 1 is 1.06 bits per heavy atom. The predicted octanol–water partition coefficient (Wildman–Crippen LogP) is 4.01. The predicted molar refractivity (Wildman–Crippen MR) is 116 cm³/mol. The number of anilines is 2. The Hall–Kier alpha value is -3.60. The third kappa shape index (κ3) is 5.31. The first kappa shape index (κ1) is 22.1. The van der Waals surface area contributed by atoms with Crippen molar-refractivity contribution in [2.24, 2.45) is 0 Å². The number of hydrogen-bond donors (Lipinski definition) is 1. The molecule has 0 atom stereocenters. The van der Waals surface area contributed by atoms with E-state index in [4.69, 9.17) is 4.74 Å². The summed E-state index contributed by atoms with van der Waals surface area (Å²) in [5.74, 6) is -1.26. The molecular formula is C23H25FN4O3. The molecule has 1 heterocycles. The van der Waals surface area contributed by atoms with Crippen molar-refractivity contribution >= 4 is 23.4 Å². The monoisotopic (exact) mass is 424 g/mol. The van der Waals surface area contributed by atoms with Gasteiger partial charge >= 0.3 is 6.09 Å². The van der Waals surface area contributed by atoms with Crippen molar-refractivity contribution in [1.29, 1.82) is 5.26 Å². The molecule has 2 aromatic rings. The molecule has 2 amide bonds. The largest absolute Gasteiger partial charge is 0.444 e. The molecule has 0 aromatic heterocycles. The number of nitrogens with zero attached hydrogens (tertiary/aromatic N) is 3. The second-order valence-electron chi connectivity index (χ2n) is 8.20. The molecule has 1 N–H and O–H groups in total. The van der Waals surface area contributed by atoms with Crippen LogP contribution in [0.2, 0.25) is 0 Å². The number of hydrogen-bond acceptors (Lipinski definition) is 5. The highest BCUT2D eigenvalue weighted by Crippen LogP contribution is 2.28. The van der Waals surface area contributed by atoms with E-state index in [1.54, 1.807) is 29.2 Å². The van der Waals surface area contributed by atoms with E-state index in [1.165, 1.54) is 18.2 Å². The summed E-state index contributed by atoms with van der Waals surface area (Å²) < 4.78 is 19.3. The van der Waals surface area contributed by atoms with Gasteiger partial charge in [-0.05, 0) is 45.0 Å². The first-order valence-corrected chi connectivity index (χ1v) is 10.0. The average molecular weight is 424 g/mol. The van der Waals surface area contributed by atoms with Gasteiger partial charge in [-0.25, -0.2) is 9.18 Å². The van der Waals surface area contributed by atoms with Gasteiger partial charge in [0, 0.05) is 26.2 Å². The quantitative estimate of drug-likeness (QED) is 0.805. The molecule has 1 fully saturated rings. The highest BCUT2D eigenvalue weighted by atomic mass is 19.1. The van der Waals surface area contributed by atoms with Gasteiger partial charge in [-0.3, -0.25) is 4.79 Å². The lowest BCUT2D eigenvalue weighted by Gasteiger charge is -2.37. The van der Waals surface area contributed by atoms with Crippen LogP contribution in [0.3, 0.4) is 0 Å². The van der Waals surface area contributed by atoms with Crippen molar-refractivity contribution in [2.75, 3.05) is 36.4 Å². The first-order valence-electron chi connectivity index (χ1n) is 10.0. The molecule has 31 heavy (non-hydrogen) atoms. The number of benzene rings is 2. The van der Waals surface area contributed by atoms with Gasteiger partial charge in [-0.2, -0.15) is 5.26 Å². The van der Waals surface area contributed by atoms with E-state index >= 15 is 0 Å². The van der Waals surface area contributed by atoms with Crippen LogP contribution < -0.4 is 10.2 Å². The van der Waals surface area contributed by atoms with Crippen molar-refractivity contribution in [3.8, 4) is 6.07 Å². The van der Waals surface area contributed by atoms with Gasteiger partial charge in [-0.15, -0.1) is 0 Å². The Morgan fingerprint density at radius 3 is 2.35 bits per heavy atom. The minimum absolute atomic E-state index is 0.0947. The van der Waals surface area contributed by atoms with E-state index in [0.717, 1.165) is 0 Å². The van der Waals surface area contributed by atoms with Crippen molar-refractivity contribution in [2.45, 2.75) is 26.4 Å². The zero-order chi connectivity index (χ0) is 22.6. The zero-order valence-corrected chi connectivity index (χ0v) is 17.8. The van der Waals surface area contributed by atoms with E-state index in [9.17, 15) is 19.2 Å². The smallest absolute Gasteiger partial charge is 0.410 e. The van der Waals surface area contributed by atoms with Gasteiger partial charge in [0.25, 0.3) is 5.91 Å². The lowest BCUT2D eigenvalue weighted by Crippen LogP contribution is -2.50. The van der Waals surface area contributed by atoms with Crippen LogP contribution in [0.4, 0.5) is 20.6 Å². The van der Waals surface area contributed by atoms with E-state index < -0.39 is 17.3 Å². The molecule has 0 saturated carbocycles. The van der Waals surface area contributed by atoms with Gasteiger partial charge in [0.05, 0.1) is 22.5 Å². The molecule has 7 nitrogen and oxygen atoms in total. The summed E-state index contributed by atoms with van der Waals surface area (Å²) >= 11 is 0. The number of carbonyl (C=O) groups is 2. The maximum absolute atomic E-state index is 13.9. The molecule has 0 radical (unpaired) electrons. The second-order valence-corrected chi connectivity index (χ2v) is 8.20. The van der Waals surface area contributed by atoms with Crippen LogP contribution in [0.1, 0.15) is 36.7 Å². The normalized spacial score (nSPS) is 14.0. The molecule has 162 valence electrons. The Bertz CT molecular complexity index is 1020. The number of piperazine rings is 1. The van der Waals surface area contributed by atoms with Crippen LogP contribution in [0, 0.1) is 17.1 Å². The maximum atomic E-state index is 13.9. The molecule has 0 unspecified atom stereocenters. The fraction of sp³-hybridized carbons (Fsp3) is 0.348. The summed E-state index contributed by atoms with van der Waals surface area (Å²) in [6.07, 6.45) is -0.362. The van der Waals surface area contributed by atoms with Crippen molar-refractivity contribution in [3.63, 3.8) is 0 Å². The highest BCUT2D eigenvalue weighted by Gasteiger charge is 2.27. The molecule has 3 rings (SSSR count). The Labute approximate surface area is 181 Å². The highest BCUT2D eigenvalue weighted by molar-refractivity contribution is 6.05. The number of carbonyl (C=O) groups excluding carboxylic acids is 2. The lowest BCUT2D eigenvalue weighted by atomic mass is 10.1. The van der Waals surface area contributed by atoms with Gasteiger partial charge in [0.15, 0.2) is 0 Å². The molecule has 1 saturated heterocycles. The fourth-order valence-corrected chi connectivity index (χ4v) is 3.32. The van der Waals surface area contributed by atoms with Gasteiger partial charge in [-0.1, -0.05) is 18.2 Å². The Morgan fingerprint density at radius 2 is 1.74 bits per heavy atom. The molecule has 2 aromatic carbocycles. The molecular weight excluding hydrogens is 399 g/mol.